The molecule has 2 aromatic carbocycles. The van der Waals surface area contributed by atoms with Crippen molar-refractivity contribution in [2.75, 3.05) is 19.6 Å². The van der Waals surface area contributed by atoms with E-state index in [1.54, 1.807) is 24.3 Å². The van der Waals surface area contributed by atoms with Crippen LogP contribution in [0.15, 0.2) is 63.8 Å². The van der Waals surface area contributed by atoms with E-state index in [-0.39, 0.29) is 17.2 Å². The quantitative estimate of drug-likeness (QED) is 0.677. The predicted molar refractivity (Wildman–Crippen MR) is 114 cm³/mol. The topological polar surface area (TPSA) is 62.6 Å². The molecule has 0 bridgehead atoms. The maximum absolute atomic E-state index is 12.7. The number of carbonyl (C=O) groups excluding carboxylic acids is 1. The van der Waals surface area contributed by atoms with Crippen molar-refractivity contribution in [2.24, 2.45) is 0 Å². The average molecular weight is 411 g/mol. The van der Waals surface area contributed by atoms with Gasteiger partial charge in [0.05, 0.1) is 11.4 Å². The molecular weight excluding hydrogens is 388 g/mol. The number of para-hydroxylation sites is 1. The molecule has 150 valence electrons. The third kappa shape index (κ3) is 4.36. The molecular formula is C23H23ClN2O3. The number of carbonyl (C=O) groups is 1. The van der Waals surface area contributed by atoms with Gasteiger partial charge in [-0.3, -0.25) is 14.5 Å². The Labute approximate surface area is 174 Å². The minimum absolute atomic E-state index is 0.0188. The van der Waals surface area contributed by atoms with Crippen LogP contribution in [0.3, 0.4) is 0 Å². The molecule has 2 heterocycles. The number of nitrogens with one attached hydrogen (secondary N) is 1. The van der Waals surface area contributed by atoms with Gasteiger partial charge < -0.3 is 9.73 Å². The minimum atomic E-state index is -0.401. The van der Waals surface area contributed by atoms with Crippen molar-refractivity contribution in [3.63, 3.8) is 0 Å². The van der Waals surface area contributed by atoms with E-state index in [9.17, 15) is 9.59 Å². The molecule has 1 aromatic heterocycles. The normalized spacial score (nSPS) is 15.9. The van der Waals surface area contributed by atoms with Gasteiger partial charge >= 0.3 is 0 Å². The molecule has 1 amide bonds. The zero-order chi connectivity index (χ0) is 20.2. The number of piperidine rings is 1. The van der Waals surface area contributed by atoms with Gasteiger partial charge in [-0.1, -0.05) is 48.4 Å². The summed E-state index contributed by atoms with van der Waals surface area (Å²) < 4.78 is 5.66. The van der Waals surface area contributed by atoms with Crippen LogP contribution in [0.2, 0.25) is 5.02 Å². The maximum atomic E-state index is 12.7. The first kappa shape index (κ1) is 19.7. The highest BCUT2D eigenvalue weighted by molar-refractivity contribution is 6.31. The summed E-state index contributed by atoms with van der Waals surface area (Å²) in [5.74, 6) is -0.382. The molecule has 4 rings (SSSR count). The van der Waals surface area contributed by atoms with Gasteiger partial charge in [0.1, 0.15) is 5.58 Å². The zero-order valence-electron chi connectivity index (χ0n) is 16.1. The van der Waals surface area contributed by atoms with E-state index in [0.717, 1.165) is 31.5 Å². The first-order valence-corrected chi connectivity index (χ1v) is 10.3. The second-order valence-electron chi connectivity index (χ2n) is 7.32. The summed E-state index contributed by atoms with van der Waals surface area (Å²) in [6.45, 7) is 2.33. The Morgan fingerprint density at radius 1 is 1.07 bits per heavy atom. The summed E-state index contributed by atoms with van der Waals surface area (Å²) in [6.07, 6.45) is 3.49. The van der Waals surface area contributed by atoms with Crippen LogP contribution in [0.1, 0.15) is 41.4 Å². The van der Waals surface area contributed by atoms with Gasteiger partial charge in [0, 0.05) is 17.6 Å². The Bertz CT molecular complexity index is 1070. The van der Waals surface area contributed by atoms with E-state index in [1.807, 2.05) is 24.3 Å². The molecule has 5 nitrogen and oxygen atoms in total. The Morgan fingerprint density at radius 3 is 2.59 bits per heavy atom. The van der Waals surface area contributed by atoms with Gasteiger partial charge in [-0.15, -0.1) is 0 Å². The van der Waals surface area contributed by atoms with Crippen molar-refractivity contribution in [1.82, 2.24) is 10.2 Å². The van der Waals surface area contributed by atoms with Gasteiger partial charge in [0.15, 0.2) is 11.2 Å². The molecule has 3 aromatic rings. The van der Waals surface area contributed by atoms with Gasteiger partial charge in [-0.2, -0.15) is 0 Å². The standard InChI is InChI=1S/C23H23ClN2O3/c24-18-10-4-2-8-16(18)19(26-12-6-1-7-13-26)15-25-23(28)22-14-20(27)17-9-3-5-11-21(17)29-22/h2-5,8-11,14,19H,1,6-7,12-13,15H2,(H,25,28)/t19-/m1/s1. The van der Waals surface area contributed by atoms with Gasteiger partial charge in [-0.05, 0) is 49.7 Å². The van der Waals surface area contributed by atoms with E-state index in [0.29, 0.717) is 22.5 Å². The van der Waals surface area contributed by atoms with Crippen molar-refractivity contribution < 1.29 is 9.21 Å². The Balaban J connectivity index is 1.56. The summed E-state index contributed by atoms with van der Waals surface area (Å²) in [7, 11) is 0. The Kier molecular flexibility index (Phi) is 5.97. The minimum Gasteiger partial charge on any atom is -0.451 e. The Morgan fingerprint density at radius 2 is 1.79 bits per heavy atom. The second-order valence-corrected chi connectivity index (χ2v) is 7.72. The van der Waals surface area contributed by atoms with Crippen LogP contribution in [0.25, 0.3) is 11.0 Å². The first-order valence-electron chi connectivity index (χ1n) is 9.93. The number of benzene rings is 2. The molecule has 1 fully saturated rings. The van der Waals surface area contributed by atoms with Crippen LogP contribution in [0, 0.1) is 0 Å². The van der Waals surface area contributed by atoms with E-state index in [4.69, 9.17) is 16.0 Å². The highest BCUT2D eigenvalue weighted by atomic mass is 35.5. The van der Waals surface area contributed by atoms with Gasteiger partial charge in [-0.25, -0.2) is 0 Å². The number of halogens is 1. The number of rotatable bonds is 5. The molecule has 0 aliphatic carbocycles. The average Bonchev–Trinajstić information content (AvgIpc) is 2.75. The van der Waals surface area contributed by atoms with Crippen molar-refractivity contribution >= 4 is 28.5 Å². The molecule has 0 saturated carbocycles. The monoisotopic (exact) mass is 410 g/mol. The summed E-state index contributed by atoms with van der Waals surface area (Å²) in [5.41, 5.74) is 1.18. The van der Waals surface area contributed by atoms with Crippen LogP contribution in [-0.2, 0) is 0 Å². The SMILES string of the molecule is O=C(NC[C@H](c1ccccc1Cl)N1CCCCC1)c1cc(=O)c2ccccc2o1. The highest BCUT2D eigenvalue weighted by Crippen LogP contribution is 2.29. The summed E-state index contributed by atoms with van der Waals surface area (Å²) in [6, 6.07) is 15.9. The maximum Gasteiger partial charge on any atom is 0.287 e. The largest absolute Gasteiger partial charge is 0.451 e. The number of fused-ring (bicyclic) bond motifs is 1. The molecule has 0 unspecified atom stereocenters. The number of amides is 1. The zero-order valence-corrected chi connectivity index (χ0v) is 16.8. The van der Waals surface area contributed by atoms with Crippen molar-refractivity contribution in [2.45, 2.75) is 25.3 Å². The summed E-state index contributed by atoms with van der Waals surface area (Å²) in [5, 5.41) is 4.10. The fraction of sp³-hybridized carbons (Fsp3) is 0.304. The van der Waals surface area contributed by atoms with Crippen LogP contribution >= 0.6 is 11.6 Å². The molecule has 1 aliphatic rings. The lowest BCUT2D eigenvalue weighted by atomic mass is 10.0. The molecule has 1 N–H and O–H groups in total. The highest BCUT2D eigenvalue weighted by Gasteiger charge is 2.25. The fourth-order valence-electron chi connectivity index (χ4n) is 3.90. The molecule has 1 atom stereocenters. The Hall–Kier alpha value is -2.63. The first-order chi connectivity index (χ1) is 14.1. The number of likely N-dealkylation sites (tertiary alicyclic amines) is 1. The van der Waals surface area contributed by atoms with E-state index < -0.39 is 5.91 Å². The smallest absolute Gasteiger partial charge is 0.287 e. The van der Waals surface area contributed by atoms with Crippen LogP contribution in [0.4, 0.5) is 0 Å². The van der Waals surface area contributed by atoms with Gasteiger partial charge in [0.2, 0.25) is 0 Å². The van der Waals surface area contributed by atoms with E-state index >= 15 is 0 Å². The van der Waals surface area contributed by atoms with Gasteiger partial charge in [0.25, 0.3) is 5.91 Å². The number of hydrogen-bond donors (Lipinski definition) is 1. The second kappa shape index (κ2) is 8.80. The fourth-order valence-corrected chi connectivity index (χ4v) is 4.17. The van der Waals surface area contributed by atoms with E-state index in [2.05, 4.69) is 10.2 Å². The molecule has 0 spiro atoms. The van der Waals surface area contributed by atoms with Crippen molar-refractivity contribution in [3.05, 3.63) is 81.2 Å². The van der Waals surface area contributed by atoms with Crippen molar-refractivity contribution in [3.8, 4) is 0 Å². The molecule has 1 aliphatic heterocycles. The lowest BCUT2D eigenvalue weighted by molar-refractivity contribution is 0.0897. The number of nitrogens with zero attached hydrogens (tertiary/aromatic N) is 1. The molecule has 0 radical (unpaired) electrons. The summed E-state index contributed by atoms with van der Waals surface area (Å²) >= 11 is 6.46. The van der Waals surface area contributed by atoms with Crippen molar-refractivity contribution in [1.29, 1.82) is 0 Å². The summed E-state index contributed by atoms with van der Waals surface area (Å²) in [4.78, 5) is 27.4. The lowest BCUT2D eigenvalue weighted by Gasteiger charge is -2.35. The lowest BCUT2D eigenvalue weighted by Crippen LogP contribution is -2.40. The van der Waals surface area contributed by atoms with Crippen LogP contribution in [-0.4, -0.2) is 30.4 Å². The number of hydrogen-bond acceptors (Lipinski definition) is 4. The van der Waals surface area contributed by atoms with Crippen LogP contribution < -0.4 is 10.7 Å². The predicted octanol–water partition coefficient (Wildman–Crippen LogP) is 4.40. The molecule has 6 heteroatoms. The molecule has 1 saturated heterocycles. The molecule has 29 heavy (non-hydrogen) atoms. The third-order valence-electron chi connectivity index (χ3n) is 5.41. The third-order valence-corrected chi connectivity index (χ3v) is 5.75. The van der Waals surface area contributed by atoms with Crippen LogP contribution in [0.5, 0.6) is 0 Å². The van der Waals surface area contributed by atoms with E-state index in [1.165, 1.54) is 12.5 Å².